The van der Waals surface area contributed by atoms with Gasteiger partial charge < -0.3 is 11.1 Å². The van der Waals surface area contributed by atoms with Crippen LogP contribution in [-0.2, 0) is 15.7 Å². The molecule has 0 spiro atoms. The molecule has 2 aromatic carbocycles. The van der Waals surface area contributed by atoms with E-state index in [1.807, 2.05) is 54.6 Å². The highest BCUT2D eigenvalue weighted by atomic mass is 16.2. The van der Waals surface area contributed by atoms with Crippen LogP contribution < -0.4 is 11.1 Å². The second-order valence-electron chi connectivity index (χ2n) is 6.85. The number of hydrogen-bond acceptors (Lipinski definition) is 2. The zero-order chi connectivity index (χ0) is 16.4. The molecule has 0 aromatic heterocycles. The van der Waals surface area contributed by atoms with Crippen LogP contribution in [0.3, 0.4) is 0 Å². The first-order chi connectivity index (χ1) is 10.2. The Morgan fingerprint density at radius 2 is 1.41 bits per heavy atom. The van der Waals surface area contributed by atoms with Gasteiger partial charge in [-0.05, 0) is 35.6 Å². The monoisotopic (exact) mass is 296 g/mol. The van der Waals surface area contributed by atoms with Crippen LogP contribution in [0.4, 0.5) is 5.69 Å². The van der Waals surface area contributed by atoms with E-state index in [-0.39, 0.29) is 11.3 Å². The molecule has 3 heteroatoms. The topological polar surface area (TPSA) is 55.1 Å². The first kappa shape index (κ1) is 16.2. The van der Waals surface area contributed by atoms with E-state index in [4.69, 9.17) is 5.73 Å². The summed E-state index contributed by atoms with van der Waals surface area (Å²) < 4.78 is 0. The van der Waals surface area contributed by atoms with Gasteiger partial charge >= 0.3 is 0 Å². The normalized spacial score (nSPS) is 14.2. The number of carbonyl (C=O) groups excluding carboxylic acids is 1. The fraction of sp³-hybridized carbons (Fsp3) is 0.316. The molecule has 0 bridgehead atoms. The molecule has 0 fully saturated rings. The molecule has 0 saturated carbocycles. The van der Waals surface area contributed by atoms with Gasteiger partial charge in [-0.15, -0.1) is 0 Å². The Morgan fingerprint density at radius 3 is 1.91 bits per heavy atom. The van der Waals surface area contributed by atoms with Crippen LogP contribution in [0.15, 0.2) is 54.6 Å². The Balaban J connectivity index is 2.15. The molecule has 0 aliphatic heterocycles. The third kappa shape index (κ3) is 3.55. The molecule has 1 amide bonds. The van der Waals surface area contributed by atoms with Crippen molar-refractivity contribution in [2.75, 3.05) is 5.32 Å². The summed E-state index contributed by atoms with van der Waals surface area (Å²) in [5.74, 6) is -0.220. The molecule has 2 rings (SSSR count). The summed E-state index contributed by atoms with van der Waals surface area (Å²) in [6, 6.07) is 17.3. The maximum absolute atomic E-state index is 12.5. The summed E-state index contributed by atoms with van der Waals surface area (Å²) in [6.45, 7) is 8.20. The lowest BCUT2D eigenvalue weighted by atomic mass is 9.87. The minimum atomic E-state index is -1.07. The van der Waals surface area contributed by atoms with Crippen LogP contribution in [-0.4, -0.2) is 5.91 Å². The maximum Gasteiger partial charge on any atom is 0.248 e. The lowest BCUT2D eigenvalue weighted by molar-refractivity contribution is -0.120. The summed E-state index contributed by atoms with van der Waals surface area (Å²) >= 11 is 0. The number of carbonyl (C=O) groups is 1. The van der Waals surface area contributed by atoms with Crippen molar-refractivity contribution in [3.8, 4) is 0 Å². The molecule has 0 radical (unpaired) electrons. The van der Waals surface area contributed by atoms with Crippen molar-refractivity contribution in [2.24, 2.45) is 5.73 Å². The molecule has 0 aliphatic carbocycles. The molecule has 0 aliphatic rings. The third-order valence-corrected chi connectivity index (χ3v) is 3.85. The molecule has 3 N–H and O–H groups in total. The van der Waals surface area contributed by atoms with Gasteiger partial charge in [-0.25, -0.2) is 0 Å². The van der Waals surface area contributed by atoms with E-state index < -0.39 is 5.54 Å². The van der Waals surface area contributed by atoms with Crippen LogP contribution in [0.5, 0.6) is 0 Å². The number of anilines is 1. The van der Waals surface area contributed by atoms with Crippen molar-refractivity contribution in [3.05, 3.63) is 65.7 Å². The van der Waals surface area contributed by atoms with Crippen molar-refractivity contribution in [1.29, 1.82) is 0 Å². The fourth-order valence-electron chi connectivity index (χ4n) is 2.23. The van der Waals surface area contributed by atoms with E-state index in [0.29, 0.717) is 0 Å². The Morgan fingerprint density at radius 1 is 0.864 bits per heavy atom. The van der Waals surface area contributed by atoms with Crippen molar-refractivity contribution >= 4 is 11.6 Å². The second-order valence-corrected chi connectivity index (χ2v) is 6.85. The zero-order valence-electron chi connectivity index (χ0n) is 13.7. The smallest absolute Gasteiger partial charge is 0.248 e. The van der Waals surface area contributed by atoms with Gasteiger partial charge in [-0.3, -0.25) is 4.79 Å². The van der Waals surface area contributed by atoms with Crippen LogP contribution >= 0.6 is 0 Å². The Hall–Kier alpha value is -2.13. The molecule has 1 atom stereocenters. The minimum Gasteiger partial charge on any atom is -0.324 e. The number of benzene rings is 2. The fourth-order valence-corrected chi connectivity index (χ4v) is 2.23. The zero-order valence-corrected chi connectivity index (χ0v) is 13.7. The van der Waals surface area contributed by atoms with Crippen molar-refractivity contribution in [1.82, 2.24) is 0 Å². The predicted octanol–water partition coefficient (Wildman–Crippen LogP) is 3.80. The number of rotatable bonds is 3. The van der Waals surface area contributed by atoms with Gasteiger partial charge in [0.15, 0.2) is 0 Å². The second kappa shape index (κ2) is 5.93. The van der Waals surface area contributed by atoms with Crippen LogP contribution in [0.25, 0.3) is 0 Å². The van der Waals surface area contributed by atoms with Crippen LogP contribution in [0.1, 0.15) is 38.8 Å². The van der Waals surface area contributed by atoms with E-state index in [2.05, 4.69) is 26.1 Å². The first-order valence-electron chi connectivity index (χ1n) is 7.47. The van der Waals surface area contributed by atoms with Crippen molar-refractivity contribution < 1.29 is 4.79 Å². The summed E-state index contributed by atoms with van der Waals surface area (Å²) in [4.78, 5) is 12.5. The van der Waals surface area contributed by atoms with E-state index in [0.717, 1.165) is 11.3 Å². The van der Waals surface area contributed by atoms with E-state index in [9.17, 15) is 4.79 Å². The van der Waals surface area contributed by atoms with E-state index in [1.54, 1.807) is 6.92 Å². The molecular formula is C19H24N2O. The Kier molecular flexibility index (Phi) is 4.38. The SMILES string of the molecule is CC(C)(C)c1ccc(NC(=O)C(C)(N)c2ccccc2)cc1. The highest BCUT2D eigenvalue weighted by molar-refractivity contribution is 5.98. The Labute approximate surface area is 132 Å². The van der Waals surface area contributed by atoms with Crippen LogP contribution in [0, 0.1) is 0 Å². The molecule has 116 valence electrons. The maximum atomic E-state index is 12.5. The number of amides is 1. The quantitative estimate of drug-likeness (QED) is 0.905. The highest BCUT2D eigenvalue weighted by Crippen LogP contribution is 2.24. The molecule has 1 unspecified atom stereocenters. The summed E-state index contributed by atoms with van der Waals surface area (Å²) in [6.07, 6.45) is 0. The van der Waals surface area contributed by atoms with Gasteiger partial charge in [0, 0.05) is 5.69 Å². The number of hydrogen-bond donors (Lipinski definition) is 2. The van der Waals surface area contributed by atoms with E-state index in [1.165, 1.54) is 5.56 Å². The lowest BCUT2D eigenvalue weighted by Crippen LogP contribution is -2.45. The minimum absolute atomic E-state index is 0.0922. The first-order valence-corrected chi connectivity index (χ1v) is 7.47. The summed E-state index contributed by atoms with van der Waals surface area (Å²) in [5.41, 5.74) is 8.01. The molecule has 0 saturated heterocycles. The highest BCUT2D eigenvalue weighted by Gasteiger charge is 2.30. The van der Waals surface area contributed by atoms with Gasteiger partial charge in [-0.2, -0.15) is 0 Å². The van der Waals surface area contributed by atoms with Crippen LogP contribution in [0.2, 0.25) is 0 Å². The molecule has 2 aromatic rings. The molecular weight excluding hydrogens is 272 g/mol. The predicted molar refractivity (Wildman–Crippen MR) is 91.8 cm³/mol. The molecule has 22 heavy (non-hydrogen) atoms. The average molecular weight is 296 g/mol. The van der Waals surface area contributed by atoms with Crippen molar-refractivity contribution in [2.45, 2.75) is 38.6 Å². The average Bonchev–Trinajstić information content (AvgIpc) is 2.47. The van der Waals surface area contributed by atoms with Gasteiger partial charge in [0.2, 0.25) is 5.91 Å². The Bertz CT molecular complexity index is 637. The van der Waals surface area contributed by atoms with Gasteiger partial charge in [-0.1, -0.05) is 63.2 Å². The van der Waals surface area contributed by atoms with Gasteiger partial charge in [0.1, 0.15) is 5.54 Å². The largest absolute Gasteiger partial charge is 0.324 e. The van der Waals surface area contributed by atoms with Crippen molar-refractivity contribution in [3.63, 3.8) is 0 Å². The summed E-state index contributed by atoms with van der Waals surface area (Å²) in [7, 11) is 0. The van der Waals surface area contributed by atoms with E-state index >= 15 is 0 Å². The van der Waals surface area contributed by atoms with Gasteiger partial charge in [0.05, 0.1) is 0 Å². The van der Waals surface area contributed by atoms with Gasteiger partial charge in [0.25, 0.3) is 0 Å². The molecule has 3 nitrogen and oxygen atoms in total. The third-order valence-electron chi connectivity index (χ3n) is 3.85. The summed E-state index contributed by atoms with van der Waals surface area (Å²) in [5, 5.41) is 2.90. The number of nitrogens with two attached hydrogens (primary N) is 1. The lowest BCUT2D eigenvalue weighted by Gasteiger charge is -2.24. The molecule has 0 heterocycles. The standard InChI is InChI=1S/C19H24N2O/c1-18(2,3)14-10-12-16(13-11-14)21-17(22)19(4,20)15-8-6-5-7-9-15/h5-13H,20H2,1-4H3,(H,21,22). The number of nitrogens with one attached hydrogen (secondary N) is 1.